The molecule has 1 aromatic carbocycles. The van der Waals surface area contributed by atoms with Gasteiger partial charge in [0.15, 0.2) is 5.65 Å². The highest BCUT2D eigenvalue weighted by atomic mass is 19.1. The molecule has 0 aliphatic carbocycles. The molecule has 1 aliphatic rings. The van der Waals surface area contributed by atoms with Gasteiger partial charge in [-0.15, -0.1) is 0 Å². The number of rotatable bonds is 3. The Balaban J connectivity index is 1.91. The van der Waals surface area contributed by atoms with Crippen LogP contribution in [0.2, 0.25) is 0 Å². The number of halogens is 1. The van der Waals surface area contributed by atoms with E-state index in [9.17, 15) is 4.39 Å². The molecule has 0 amide bonds. The quantitative estimate of drug-likeness (QED) is 0.722. The van der Waals surface area contributed by atoms with E-state index >= 15 is 0 Å². The third kappa shape index (κ3) is 2.44. The van der Waals surface area contributed by atoms with Crippen LogP contribution >= 0.6 is 0 Å². The summed E-state index contributed by atoms with van der Waals surface area (Å²) in [6, 6.07) is 8.81. The fourth-order valence-corrected chi connectivity index (χ4v) is 3.44. The smallest absolute Gasteiger partial charge is 0.161 e. The fourth-order valence-electron chi connectivity index (χ4n) is 3.44. The number of hydrogen-bond acceptors (Lipinski definition) is 3. The van der Waals surface area contributed by atoms with Gasteiger partial charge < -0.3 is 4.90 Å². The van der Waals surface area contributed by atoms with Gasteiger partial charge in [0.1, 0.15) is 17.3 Å². The van der Waals surface area contributed by atoms with E-state index in [1.165, 1.54) is 18.9 Å². The van der Waals surface area contributed by atoms with Crippen molar-refractivity contribution in [3.05, 3.63) is 47.9 Å². The SMILES string of the molecule is CC(C)c1c(-c2ccccc2F)nn2ccc(N3CCCC3)nc12. The second-order valence-electron chi connectivity index (χ2n) is 6.64. The van der Waals surface area contributed by atoms with Crippen molar-refractivity contribution in [3.63, 3.8) is 0 Å². The molecule has 0 atom stereocenters. The monoisotopic (exact) mass is 324 g/mol. The zero-order chi connectivity index (χ0) is 16.7. The van der Waals surface area contributed by atoms with Crippen LogP contribution in [0.5, 0.6) is 0 Å². The minimum absolute atomic E-state index is 0.207. The standard InChI is InChI=1S/C19H21FN4/c1-13(2)17-18(14-7-3-4-8-15(14)20)22-24-12-9-16(21-19(17)24)23-10-5-6-11-23/h3-4,7-9,12-13H,5-6,10-11H2,1-2H3. The molecule has 0 bridgehead atoms. The van der Waals surface area contributed by atoms with Gasteiger partial charge in [0, 0.05) is 30.4 Å². The number of fused-ring (bicyclic) bond motifs is 1. The Morgan fingerprint density at radius 3 is 2.54 bits per heavy atom. The van der Waals surface area contributed by atoms with Crippen molar-refractivity contribution in [1.82, 2.24) is 14.6 Å². The first kappa shape index (κ1) is 15.1. The van der Waals surface area contributed by atoms with Crippen molar-refractivity contribution in [2.24, 2.45) is 0 Å². The van der Waals surface area contributed by atoms with E-state index in [1.54, 1.807) is 16.6 Å². The maximum absolute atomic E-state index is 14.3. The van der Waals surface area contributed by atoms with Crippen molar-refractivity contribution in [3.8, 4) is 11.3 Å². The molecule has 1 saturated heterocycles. The maximum atomic E-state index is 14.3. The topological polar surface area (TPSA) is 33.4 Å². The third-order valence-corrected chi connectivity index (χ3v) is 4.64. The van der Waals surface area contributed by atoms with Gasteiger partial charge in [-0.2, -0.15) is 5.10 Å². The van der Waals surface area contributed by atoms with Gasteiger partial charge >= 0.3 is 0 Å². The van der Waals surface area contributed by atoms with Crippen LogP contribution in [0.1, 0.15) is 38.2 Å². The lowest BCUT2D eigenvalue weighted by molar-refractivity contribution is 0.630. The predicted molar refractivity (Wildman–Crippen MR) is 93.9 cm³/mol. The molecule has 4 rings (SSSR count). The van der Waals surface area contributed by atoms with Crippen LogP contribution < -0.4 is 4.90 Å². The summed E-state index contributed by atoms with van der Waals surface area (Å²) in [5.74, 6) is 0.947. The molecule has 24 heavy (non-hydrogen) atoms. The number of hydrogen-bond donors (Lipinski definition) is 0. The second-order valence-corrected chi connectivity index (χ2v) is 6.64. The second kappa shape index (κ2) is 5.89. The van der Waals surface area contributed by atoms with Crippen molar-refractivity contribution >= 4 is 11.5 Å². The summed E-state index contributed by atoms with van der Waals surface area (Å²) in [5, 5.41) is 4.63. The molecule has 4 nitrogen and oxygen atoms in total. The summed E-state index contributed by atoms with van der Waals surface area (Å²) in [5.41, 5.74) is 3.05. The predicted octanol–water partition coefficient (Wildman–Crippen LogP) is 4.26. The highest BCUT2D eigenvalue weighted by Crippen LogP contribution is 2.33. The zero-order valence-electron chi connectivity index (χ0n) is 14.0. The summed E-state index contributed by atoms with van der Waals surface area (Å²) >= 11 is 0. The molecular formula is C19H21FN4. The summed E-state index contributed by atoms with van der Waals surface area (Å²) < 4.78 is 16.1. The molecule has 3 aromatic rings. The van der Waals surface area contributed by atoms with Crippen molar-refractivity contribution in [2.45, 2.75) is 32.6 Å². The van der Waals surface area contributed by atoms with Crippen LogP contribution in [0.3, 0.4) is 0 Å². The molecule has 0 radical (unpaired) electrons. The van der Waals surface area contributed by atoms with Crippen LogP contribution in [-0.4, -0.2) is 27.7 Å². The fraction of sp³-hybridized carbons (Fsp3) is 0.368. The van der Waals surface area contributed by atoms with Gasteiger partial charge in [0.25, 0.3) is 0 Å². The summed E-state index contributed by atoms with van der Waals surface area (Å²) in [7, 11) is 0. The third-order valence-electron chi connectivity index (χ3n) is 4.64. The Bertz CT molecular complexity index is 878. The van der Waals surface area contributed by atoms with Crippen LogP contribution in [0.25, 0.3) is 16.9 Å². The van der Waals surface area contributed by atoms with E-state index in [0.717, 1.165) is 30.1 Å². The lowest BCUT2D eigenvalue weighted by Gasteiger charge is -2.16. The molecule has 1 aliphatic heterocycles. The minimum Gasteiger partial charge on any atom is -0.357 e. The average Bonchev–Trinajstić information content (AvgIpc) is 3.22. The Labute approximate surface area is 140 Å². The summed E-state index contributed by atoms with van der Waals surface area (Å²) in [6.07, 6.45) is 4.36. The molecule has 0 N–H and O–H groups in total. The molecule has 0 unspecified atom stereocenters. The Morgan fingerprint density at radius 1 is 1.08 bits per heavy atom. The van der Waals surface area contributed by atoms with Gasteiger partial charge in [-0.05, 0) is 37.0 Å². The molecule has 3 heterocycles. The highest BCUT2D eigenvalue weighted by molar-refractivity contribution is 5.72. The normalized spacial score (nSPS) is 14.9. The molecular weight excluding hydrogens is 303 g/mol. The largest absolute Gasteiger partial charge is 0.357 e. The van der Waals surface area contributed by atoms with Gasteiger partial charge in [-0.1, -0.05) is 26.0 Å². The Hall–Kier alpha value is -2.43. The molecule has 5 heteroatoms. The van der Waals surface area contributed by atoms with Gasteiger partial charge in [0.2, 0.25) is 0 Å². The Morgan fingerprint density at radius 2 is 1.83 bits per heavy atom. The van der Waals surface area contributed by atoms with E-state index in [2.05, 4.69) is 23.8 Å². The van der Waals surface area contributed by atoms with E-state index in [0.29, 0.717) is 11.3 Å². The van der Waals surface area contributed by atoms with Crippen LogP contribution in [0.15, 0.2) is 36.5 Å². The number of benzene rings is 1. The van der Waals surface area contributed by atoms with E-state index in [1.807, 2.05) is 18.3 Å². The minimum atomic E-state index is -0.248. The van der Waals surface area contributed by atoms with Crippen LogP contribution in [0, 0.1) is 5.82 Å². The van der Waals surface area contributed by atoms with Crippen molar-refractivity contribution in [2.75, 3.05) is 18.0 Å². The molecule has 124 valence electrons. The first-order chi connectivity index (χ1) is 11.6. The summed E-state index contributed by atoms with van der Waals surface area (Å²) in [6.45, 7) is 6.31. The number of anilines is 1. The molecule has 1 fully saturated rings. The van der Waals surface area contributed by atoms with Crippen LogP contribution in [0.4, 0.5) is 10.2 Å². The van der Waals surface area contributed by atoms with Gasteiger partial charge in [-0.3, -0.25) is 0 Å². The van der Waals surface area contributed by atoms with E-state index in [-0.39, 0.29) is 11.7 Å². The van der Waals surface area contributed by atoms with Crippen LogP contribution in [-0.2, 0) is 0 Å². The first-order valence-electron chi connectivity index (χ1n) is 8.54. The first-order valence-corrected chi connectivity index (χ1v) is 8.54. The lowest BCUT2D eigenvalue weighted by Crippen LogP contribution is -2.19. The van der Waals surface area contributed by atoms with Gasteiger partial charge in [-0.25, -0.2) is 13.9 Å². The van der Waals surface area contributed by atoms with Gasteiger partial charge in [0.05, 0.1) is 0 Å². The number of nitrogens with zero attached hydrogens (tertiary/aromatic N) is 4. The Kier molecular flexibility index (Phi) is 3.71. The van der Waals surface area contributed by atoms with E-state index < -0.39 is 0 Å². The van der Waals surface area contributed by atoms with Crippen molar-refractivity contribution in [1.29, 1.82) is 0 Å². The number of aromatic nitrogens is 3. The maximum Gasteiger partial charge on any atom is 0.161 e. The average molecular weight is 324 g/mol. The lowest BCUT2D eigenvalue weighted by atomic mass is 9.99. The zero-order valence-corrected chi connectivity index (χ0v) is 14.0. The van der Waals surface area contributed by atoms with E-state index in [4.69, 9.17) is 4.98 Å². The molecule has 0 saturated carbocycles. The molecule has 0 spiro atoms. The van der Waals surface area contributed by atoms with Crippen molar-refractivity contribution < 1.29 is 4.39 Å². The highest BCUT2D eigenvalue weighted by Gasteiger charge is 2.22. The molecule has 2 aromatic heterocycles. The summed E-state index contributed by atoms with van der Waals surface area (Å²) in [4.78, 5) is 7.16.